The predicted octanol–water partition coefficient (Wildman–Crippen LogP) is 0.353. The number of rotatable bonds is 3. The Labute approximate surface area is 124 Å². The van der Waals surface area contributed by atoms with Crippen molar-refractivity contribution in [2.75, 3.05) is 31.1 Å². The van der Waals surface area contributed by atoms with E-state index in [2.05, 4.69) is 20.2 Å². The molecule has 2 N–H and O–H groups in total. The van der Waals surface area contributed by atoms with Gasteiger partial charge < -0.3 is 20.2 Å². The molecule has 7 nitrogen and oxygen atoms in total. The maximum absolute atomic E-state index is 11.9. The van der Waals surface area contributed by atoms with Crippen molar-refractivity contribution >= 4 is 12.0 Å². The summed E-state index contributed by atoms with van der Waals surface area (Å²) in [5.74, 6) is 0.670. The minimum Gasteiger partial charge on any atom is -0.390 e. The van der Waals surface area contributed by atoms with Gasteiger partial charge in [0, 0.05) is 38.4 Å². The van der Waals surface area contributed by atoms with Crippen molar-refractivity contribution in [1.82, 2.24) is 20.2 Å². The second-order valence-electron chi connectivity index (χ2n) is 5.50. The highest BCUT2D eigenvalue weighted by atomic mass is 16.3. The second-order valence-corrected chi connectivity index (χ2v) is 5.50. The van der Waals surface area contributed by atoms with E-state index >= 15 is 0 Å². The van der Waals surface area contributed by atoms with Gasteiger partial charge in [0.15, 0.2) is 0 Å². The van der Waals surface area contributed by atoms with E-state index in [-0.39, 0.29) is 12.6 Å². The summed E-state index contributed by atoms with van der Waals surface area (Å²) in [6.07, 6.45) is 4.56. The number of anilines is 1. The summed E-state index contributed by atoms with van der Waals surface area (Å²) in [6, 6.07) is 2.09. The minimum atomic E-state index is -0.0695. The number of aromatic nitrogens is 2. The zero-order valence-corrected chi connectivity index (χ0v) is 12.0. The lowest BCUT2D eigenvalue weighted by atomic mass is 10.0. The first kappa shape index (κ1) is 14.1. The van der Waals surface area contributed by atoms with Crippen molar-refractivity contribution in [2.45, 2.75) is 31.9 Å². The van der Waals surface area contributed by atoms with E-state index in [1.54, 1.807) is 12.3 Å². The average molecular weight is 291 g/mol. The number of aliphatic hydroxyl groups is 1. The number of carbonyl (C=O) groups excluding carboxylic acids is 1. The summed E-state index contributed by atoms with van der Waals surface area (Å²) in [4.78, 5) is 24.6. The van der Waals surface area contributed by atoms with Crippen LogP contribution in [0.15, 0.2) is 12.3 Å². The zero-order valence-electron chi connectivity index (χ0n) is 12.0. The first-order chi connectivity index (χ1) is 10.3. The van der Waals surface area contributed by atoms with E-state index in [0.717, 1.165) is 45.4 Å². The van der Waals surface area contributed by atoms with E-state index in [1.165, 1.54) is 0 Å². The van der Waals surface area contributed by atoms with Crippen LogP contribution < -0.4 is 10.2 Å². The molecule has 1 aromatic heterocycles. The van der Waals surface area contributed by atoms with Crippen LogP contribution in [-0.2, 0) is 6.61 Å². The first-order valence-electron chi connectivity index (χ1n) is 7.50. The lowest BCUT2D eigenvalue weighted by Crippen LogP contribution is -2.54. The van der Waals surface area contributed by atoms with Crippen molar-refractivity contribution < 1.29 is 9.90 Å². The molecule has 2 amide bonds. The fraction of sp³-hybridized carbons (Fsp3) is 0.643. The van der Waals surface area contributed by atoms with Crippen LogP contribution in [0.2, 0.25) is 0 Å². The van der Waals surface area contributed by atoms with Gasteiger partial charge in [-0.25, -0.2) is 14.8 Å². The molecule has 0 bridgehead atoms. The van der Waals surface area contributed by atoms with E-state index in [1.807, 2.05) is 4.90 Å². The molecule has 0 saturated carbocycles. The van der Waals surface area contributed by atoms with Gasteiger partial charge in [0.1, 0.15) is 0 Å². The van der Waals surface area contributed by atoms with Crippen LogP contribution in [0.4, 0.5) is 10.7 Å². The van der Waals surface area contributed by atoms with Gasteiger partial charge >= 0.3 is 6.03 Å². The lowest BCUT2D eigenvalue weighted by molar-refractivity contribution is 0.149. The standard InChI is InChI=1S/C14H21N5O2/c20-10-11-2-6-15-13(17-11)18-8-3-12(4-9-18)19-7-1-5-16-14(19)21/h2,6,12,20H,1,3-5,7-10H2,(H,16,21). The number of hydrogen-bond acceptors (Lipinski definition) is 5. The summed E-state index contributed by atoms with van der Waals surface area (Å²) in [6.45, 7) is 3.25. The van der Waals surface area contributed by atoms with Gasteiger partial charge in [0.05, 0.1) is 12.3 Å². The zero-order chi connectivity index (χ0) is 14.7. The Balaban J connectivity index is 1.60. The molecule has 7 heteroatoms. The monoisotopic (exact) mass is 291 g/mol. The number of nitrogens with one attached hydrogen (secondary N) is 1. The number of hydrogen-bond donors (Lipinski definition) is 2. The summed E-state index contributed by atoms with van der Waals surface area (Å²) in [5.41, 5.74) is 0.637. The molecule has 0 aromatic carbocycles. The quantitative estimate of drug-likeness (QED) is 0.840. The molecule has 114 valence electrons. The molecule has 2 saturated heterocycles. The molecule has 0 radical (unpaired) electrons. The molecule has 0 atom stereocenters. The van der Waals surface area contributed by atoms with Crippen LogP contribution >= 0.6 is 0 Å². The summed E-state index contributed by atoms with van der Waals surface area (Å²) < 4.78 is 0. The van der Waals surface area contributed by atoms with Gasteiger partial charge in [0.25, 0.3) is 0 Å². The lowest BCUT2D eigenvalue weighted by Gasteiger charge is -2.40. The molecule has 2 aliphatic heterocycles. The van der Waals surface area contributed by atoms with Gasteiger partial charge in [-0.05, 0) is 25.3 Å². The molecule has 3 heterocycles. The summed E-state index contributed by atoms with van der Waals surface area (Å²) in [7, 11) is 0. The van der Waals surface area contributed by atoms with Crippen LogP contribution in [0, 0.1) is 0 Å². The Kier molecular flexibility index (Phi) is 4.19. The highest BCUT2D eigenvalue weighted by Gasteiger charge is 2.30. The van der Waals surface area contributed by atoms with Gasteiger partial charge in [-0.3, -0.25) is 0 Å². The van der Waals surface area contributed by atoms with Gasteiger partial charge in [-0.1, -0.05) is 0 Å². The van der Waals surface area contributed by atoms with Gasteiger partial charge in [0.2, 0.25) is 5.95 Å². The Hall–Kier alpha value is -1.89. The average Bonchev–Trinajstić information content (AvgIpc) is 2.56. The fourth-order valence-electron chi connectivity index (χ4n) is 3.00. The van der Waals surface area contributed by atoms with Gasteiger partial charge in [-0.15, -0.1) is 0 Å². The predicted molar refractivity (Wildman–Crippen MR) is 77.9 cm³/mol. The Bertz CT molecular complexity index is 502. The highest BCUT2D eigenvalue weighted by molar-refractivity contribution is 5.75. The molecular formula is C14H21N5O2. The van der Waals surface area contributed by atoms with Crippen molar-refractivity contribution in [1.29, 1.82) is 0 Å². The van der Waals surface area contributed by atoms with Crippen molar-refractivity contribution in [3.05, 3.63) is 18.0 Å². The minimum absolute atomic E-state index is 0.0678. The third-order valence-electron chi connectivity index (χ3n) is 4.16. The number of nitrogens with zero attached hydrogens (tertiary/aromatic N) is 4. The molecule has 21 heavy (non-hydrogen) atoms. The van der Waals surface area contributed by atoms with Crippen LogP contribution in [0.5, 0.6) is 0 Å². The van der Waals surface area contributed by atoms with Crippen LogP contribution in [0.25, 0.3) is 0 Å². The second kappa shape index (κ2) is 6.26. The molecule has 0 aliphatic carbocycles. The summed E-state index contributed by atoms with van der Waals surface area (Å²) >= 11 is 0. The maximum Gasteiger partial charge on any atom is 0.317 e. The molecule has 3 rings (SSSR count). The van der Waals surface area contributed by atoms with E-state index in [0.29, 0.717) is 17.7 Å². The molecular weight excluding hydrogens is 270 g/mol. The molecule has 0 unspecified atom stereocenters. The molecule has 1 aromatic rings. The van der Waals surface area contributed by atoms with Crippen LogP contribution in [0.1, 0.15) is 25.0 Å². The molecule has 2 fully saturated rings. The Morgan fingerprint density at radius 1 is 1.33 bits per heavy atom. The van der Waals surface area contributed by atoms with Crippen LogP contribution in [0.3, 0.4) is 0 Å². The van der Waals surface area contributed by atoms with E-state index in [4.69, 9.17) is 5.11 Å². The molecule has 0 spiro atoms. The van der Waals surface area contributed by atoms with Gasteiger partial charge in [-0.2, -0.15) is 0 Å². The third kappa shape index (κ3) is 3.07. The normalized spacial score (nSPS) is 20.5. The largest absolute Gasteiger partial charge is 0.390 e. The number of urea groups is 1. The third-order valence-corrected chi connectivity index (χ3v) is 4.16. The molecule has 2 aliphatic rings. The van der Waals surface area contributed by atoms with Crippen LogP contribution in [-0.4, -0.2) is 58.2 Å². The smallest absolute Gasteiger partial charge is 0.317 e. The van der Waals surface area contributed by atoms with E-state index < -0.39 is 0 Å². The number of piperidine rings is 1. The van der Waals surface area contributed by atoms with E-state index in [9.17, 15) is 4.79 Å². The summed E-state index contributed by atoms with van der Waals surface area (Å²) in [5, 5.41) is 12.1. The van der Waals surface area contributed by atoms with Crippen molar-refractivity contribution in [3.8, 4) is 0 Å². The number of aliphatic hydroxyl groups excluding tert-OH is 1. The first-order valence-corrected chi connectivity index (χ1v) is 7.50. The van der Waals surface area contributed by atoms with Crippen molar-refractivity contribution in [2.24, 2.45) is 0 Å². The SMILES string of the molecule is O=C1NCCCN1C1CCN(c2nccc(CO)n2)CC1. The highest BCUT2D eigenvalue weighted by Crippen LogP contribution is 2.21. The van der Waals surface area contributed by atoms with Crippen molar-refractivity contribution in [3.63, 3.8) is 0 Å². The fourth-order valence-corrected chi connectivity index (χ4v) is 3.00. The Morgan fingerprint density at radius 3 is 2.86 bits per heavy atom. The number of carbonyl (C=O) groups is 1. The topological polar surface area (TPSA) is 81.6 Å². The Morgan fingerprint density at radius 2 is 2.14 bits per heavy atom. The maximum atomic E-state index is 11.9. The number of amides is 2.